The number of guanidine groups is 1. The van der Waals surface area contributed by atoms with Gasteiger partial charge in [0.05, 0.1) is 12.2 Å². The summed E-state index contributed by atoms with van der Waals surface area (Å²) in [5, 5.41) is 6.61. The van der Waals surface area contributed by atoms with Crippen LogP contribution in [0, 0.1) is 6.92 Å². The first-order valence-corrected chi connectivity index (χ1v) is 7.75. The van der Waals surface area contributed by atoms with E-state index in [1.54, 1.807) is 7.05 Å². The van der Waals surface area contributed by atoms with Gasteiger partial charge in [0.2, 0.25) is 0 Å². The normalized spacial score (nSPS) is 11.8. The molecule has 0 aliphatic heterocycles. The maximum Gasteiger partial charge on any atom is 0.191 e. The van der Waals surface area contributed by atoms with Crippen LogP contribution in [0.2, 0.25) is 0 Å². The molecular weight excluding hydrogens is 288 g/mol. The van der Waals surface area contributed by atoms with E-state index < -0.39 is 0 Å². The Hall–Kier alpha value is -2.76. The quantitative estimate of drug-likeness (QED) is 0.558. The largest absolute Gasteiger partial charge is 0.355 e. The van der Waals surface area contributed by atoms with Crippen LogP contribution in [0.1, 0.15) is 11.4 Å². The van der Waals surface area contributed by atoms with E-state index in [1.165, 1.54) is 5.69 Å². The molecule has 0 fully saturated rings. The number of fused-ring (bicyclic) bond motifs is 1. The predicted molar refractivity (Wildman–Crippen MR) is 92.6 cm³/mol. The van der Waals surface area contributed by atoms with Crippen molar-refractivity contribution in [2.24, 2.45) is 4.99 Å². The number of hydrogen-bond donors (Lipinski definition) is 2. The zero-order valence-electron chi connectivity index (χ0n) is 13.5. The highest BCUT2D eigenvalue weighted by molar-refractivity contribution is 5.79. The van der Waals surface area contributed by atoms with Crippen LogP contribution in [0.3, 0.4) is 0 Å². The summed E-state index contributed by atoms with van der Waals surface area (Å²) in [6.07, 6.45) is 6.17. The van der Waals surface area contributed by atoms with E-state index in [9.17, 15) is 0 Å². The van der Waals surface area contributed by atoms with E-state index in [0.717, 1.165) is 30.4 Å². The van der Waals surface area contributed by atoms with E-state index in [2.05, 4.69) is 61.2 Å². The molecule has 3 rings (SSSR count). The highest BCUT2D eigenvalue weighted by Gasteiger charge is 2.04. The standard InChI is InChI=1S/C17H22N6/c1-14-6-5-7-16-21-15(13-23(14)16)12-20-17(18-2)19-8-11-22-9-3-4-10-22/h3-7,9-10,13H,8,11-12H2,1-2H3,(H2,18,19,20). The summed E-state index contributed by atoms with van der Waals surface area (Å²) in [5.41, 5.74) is 3.14. The van der Waals surface area contributed by atoms with Gasteiger partial charge in [0.25, 0.3) is 0 Å². The number of aryl methyl sites for hydroxylation is 1. The molecule has 120 valence electrons. The fourth-order valence-electron chi connectivity index (χ4n) is 2.50. The molecule has 0 unspecified atom stereocenters. The van der Waals surface area contributed by atoms with Gasteiger partial charge in [-0.2, -0.15) is 0 Å². The molecule has 0 aliphatic rings. The number of imidazole rings is 1. The molecule has 0 saturated heterocycles. The third-order valence-electron chi connectivity index (χ3n) is 3.74. The lowest BCUT2D eigenvalue weighted by Crippen LogP contribution is -2.38. The van der Waals surface area contributed by atoms with Gasteiger partial charge in [0, 0.05) is 44.4 Å². The zero-order valence-corrected chi connectivity index (χ0v) is 13.5. The van der Waals surface area contributed by atoms with Crippen LogP contribution >= 0.6 is 0 Å². The van der Waals surface area contributed by atoms with Crippen LogP contribution in [0.25, 0.3) is 5.65 Å². The summed E-state index contributed by atoms with van der Waals surface area (Å²) in [6.45, 7) is 4.44. The van der Waals surface area contributed by atoms with Gasteiger partial charge in [-0.15, -0.1) is 0 Å². The molecule has 6 nitrogen and oxygen atoms in total. The maximum absolute atomic E-state index is 4.61. The molecule has 6 heteroatoms. The van der Waals surface area contributed by atoms with Crippen molar-refractivity contribution in [3.8, 4) is 0 Å². The number of rotatable bonds is 5. The molecule has 3 aromatic rings. The average Bonchev–Trinajstić information content (AvgIpc) is 3.20. The van der Waals surface area contributed by atoms with E-state index >= 15 is 0 Å². The lowest BCUT2D eigenvalue weighted by Gasteiger charge is -2.11. The Morgan fingerprint density at radius 3 is 2.74 bits per heavy atom. The second-order valence-corrected chi connectivity index (χ2v) is 5.40. The number of aliphatic imine (C=N–C) groups is 1. The Labute approximate surface area is 135 Å². The van der Waals surface area contributed by atoms with Crippen molar-refractivity contribution >= 4 is 11.6 Å². The Morgan fingerprint density at radius 2 is 2.00 bits per heavy atom. The smallest absolute Gasteiger partial charge is 0.191 e. The summed E-state index contributed by atoms with van der Waals surface area (Å²) in [7, 11) is 1.78. The third kappa shape index (κ3) is 3.71. The summed E-state index contributed by atoms with van der Waals surface area (Å²) in [4.78, 5) is 8.86. The Bertz CT molecular complexity index is 785. The van der Waals surface area contributed by atoms with Crippen LogP contribution in [-0.4, -0.2) is 33.5 Å². The van der Waals surface area contributed by atoms with E-state index in [4.69, 9.17) is 0 Å². The molecule has 0 aromatic carbocycles. The van der Waals surface area contributed by atoms with Crippen LogP contribution in [-0.2, 0) is 13.1 Å². The summed E-state index contributed by atoms with van der Waals surface area (Å²) in [5.74, 6) is 0.783. The van der Waals surface area contributed by atoms with Crippen molar-refractivity contribution < 1.29 is 0 Å². The molecule has 2 N–H and O–H groups in total. The second kappa shape index (κ2) is 7.00. The van der Waals surface area contributed by atoms with E-state index in [0.29, 0.717) is 6.54 Å². The minimum atomic E-state index is 0.643. The Kier molecular flexibility index (Phi) is 4.61. The maximum atomic E-state index is 4.61. The highest BCUT2D eigenvalue weighted by atomic mass is 15.2. The van der Waals surface area contributed by atoms with Crippen molar-refractivity contribution in [3.63, 3.8) is 0 Å². The van der Waals surface area contributed by atoms with E-state index in [1.807, 2.05) is 24.3 Å². The summed E-state index contributed by atoms with van der Waals surface area (Å²) < 4.78 is 4.23. The monoisotopic (exact) mass is 310 g/mol. The van der Waals surface area contributed by atoms with Gasteiger partial charge in [-0.05, 0) is 31.2 Å². The molecule has 0 atom stereocenters. The van der Waals surface area contributed by atoms with Crippen molar-refractivity contribution in [1.29, 1.82) is 0 Å². The summed E-state index contributed by atoms with van der Waals surface area (Å²) in [6, 6.07) is 10.2. The van der Waals surface area contributed by atoms with Crippen LogP contribution in [0.5, 0.6) is 0 Å². The lowest BCUT2D eigenvalue weighted by molar-refractivity contribution is 0.664. The number of aromatic nitrogens is 3. The van der Waals surface area contributed by atoms with Gasteiger partial charge in [-0.3, -0.25) is 4.99 Å². The van der Waals surface area contributed by atoms with Gasteiger partial charge >= 0.3 is 0 Å². The van der Waals surface area contributed by atoms with Crippen LogP contribution in [0.4, 0.5) is 0 Å². The zero-order chi connectivity index (χ0) is 16.1. The molecular formula is C17H22N6. The fourth-order valence-corrected chi connectivity index (χ4v) is 2.50. The first-order chi connectivity index (χ1) is 11.3. The predicted octanol–water partition coefficient (Wildman–Crippen LogP) is 1.81. The molecule has 3 aromatic heterocycles. The molecule has 0 amide bonds. The van der Waals surface area contributed by atoms with Gasteiger partial charge in [0.1, 0.15) is 5.65 Å². The topological polar surface area (TPSA) is 58.7 Å². The molecule has 3 heterocycles. The number of nitrogens with zero attached hydrogens (tertiary/aromatic N) is 4. The Morgan fingerprint density at radius 1 is 1.17 bits per heavy atom. The molecule has 0 bridgehead atoms. The van der Waals surface area contributed by atoms with E-state index in [-0.39, 0.29) is 0 Å². The SMILES string of the molecule is CN=C(NCCn1cccc1)NCc1cn2c(C)cccc2n1. The van der Waals surface area contributed by atoms with Crippen LogP contribution in [0.15, 0.2) is 53.9 Å². The Balaban J connectivity index is 1.53. The number of pyridine rings is 1. The molecule has 0 spiro atoms. The second-order valence-electron chi connectivity index (χ2n) is 5.40. The first kappa shape index (κ1) is 15.1. The number of nitrogens with one attached hydrogen (secondary N) is 2. The number of hydrogen-bond acceptors (Lipinski definition) is 2. The van der Waals surface area contributed by atoms with Gasteiger partial charge in [-0.1, -0.05) is 6.07 Å². The summed E-state index contributed by atoms with van der Waals surface area (Å²) >= 11 is 0. The molecule has 0 radical (unpaired) electrons. The fraction of sp³-hybridized carbons (Fsp3) is 0.294. The minimum Gasteiger partial charge on any atom is -0.355 e. The molecule has 23 heavy (non-hydrogen) atoms. The van der Waals surface area contributed by atoms with Gasteiger partial charge in [0.15, 0.2) is 5.96 Å². The van der Waals surface area contributed by atoms with Crippen molar-refractivity contribution in [3.05, 3.63) is 60.3 Å². The van der Waals surface area contributed by atoms with Crippen molar-refractivity contribution in [2.45, 2.75) is 20.0 Å². The average molecular weight is 310 g/mol. The lowest BCUT2D eigenvalue weighted by atomic mass is 10.4. The first-order valence-electron chi connectivity index (χ1n) is 7.75. The van der Waals surface area contributed by atoms with Gasteiger partial charge in [-0.25, -0.2) is 4.98 Å². The molecule has 0 saturated carbocycles. The highest BCUT2D eigenvalue weighted by Crippen LogP contribution is 2.08. The van der Waals surface area contributed by atoms with Crippen molar-refractivity contribution in [2.75, 3.05) is 13.6 Å². The minimum absolute atomic E-state index is 0.643. The van der Waals surface area contributed by atoms with Crippen LogP contribution < -0.4 is 10.6 Å². The van der Waals surface area contributed by atoms with Crippen molar-refractivity contribution in [1.82, 2.24) is 24.6 Å². The third-order valence-corrected chi connectivity index (χ3v) is 3.74. The molecule has 0 aliphatic carbocycles. The van der Waals surface area contributed by atoms with Gasteiger partial charge < -0.3 is 19.6 Å².